The fourth-order valence-electron chi connectivity index (χ4n) is 1.55. The van der Waals surface area contributed by atoms with Gasteiger partial charge < -0.3 is 10.6 Å². The molecule has 1 aromatic heterocycles. The predicted molar refractivity (Wildman–Crippen MR) is 57.7 cm³/mol. The Kier molecular flexibility index (Phi) is 3.14. The molecule has 2 rings (SSSR count). The number of urea groups is 1. The van der Waals surface area contributed by atoms with Crippen molar-refractivity contribution in [3.63, 3.8) is 0 Å². The zero-order valence-electron chi connectivity index (χ0n) is 8.36. The van der Waals surface area contributed by atoms with E-state index in [1.165, 1.54) is 0 Å². The van der Waals surface area contributed by atoms with Gasteiger partial charge in [-0.25, -0.2) is 9.78 Å². The fourth-order valence-corrected chi connectivity index (χ4v) is 1.55. The van der Waals surface area contributed by atoms with Crippen LogP contribution < -0.4 is 16.0 Å². The minimum Gasteiger partial charge on any atom is -0.334 e. The van der Waals surface area contributed by atoms with E-state index >= 15 is 0 Å². The van der Waals surface area contributed by atoms with Gasteiger partial charge in [-0.15, -0.1) is 0 Å². The van der Waals surface area contributed by atoms with E-state index in [0.717, 1.165) is 19.5 Å². The summed E-state index contributed by atoms with van der Waals surface area (Å²) in [7, 11) is 0. The number of rotatable bonds is 2. The summed E-state index contributed by atoms with van der Waals surface area (Å²) in [5.41, 5.74) is 0. The van der Waals surface area contributed by atoms with Crippen LogP contribution >= 0.6 is 0 Å². The van der Waals surface area contributed by atoms with E-state index in [2.05, 4.69) is 20.9 Å². The minimum atomic E-state index is -0.192. The molecule has 1 saturated heterocycles. The van der Waals surface area contributed by atoms with E-state index in [1.54, 1.807) is 12.3 Å². The number of pyridine rings is 1. The number of hydrogen-bond donors (Lipinski definition) is 3. The molecule has 1 aromatic rings. The van der Waals surface area contributed by atoms with E-state index in [-0.39, 0.29) is 12.1 Å². The highest BCUT2D eigenvalue weighted by Crippen LogP contribution is 2.01. The van der Waals surface area contributed by atoms with Crippen LogP contribution in [0, 0.1) is 0 Å². The quantitative estimate of drug-likeness (QED) is 0.662. The van der Waals surface area contributed by atoms with Crippen molar-refractivity contribution in [1.82, 2.24) is 15.6 Å². The molecule has 1 aliphatic rings. The van der Waals surface area contributed by atoms with Gasteiger partial charge in [0.1, 0.15) is 5.82 Å². The molecule has 2 amide bonds. The first-order valence-corrected chi connectivity index (χ1v) is 5.04. The average molecular weight is 206 g/mol. The molecule has 2 heterocycles. The highest BCUT2D eigenvalue weighted by atomic mass is 16.2. The third kappa shape index (κ3) is 2.92. The van der Waals surface area contributed by atoms with E-state index < -0.39 is 0 Å². The maximum absolute atomic E-state index is 11.5. The lowest BCUT2D eigenvalue weighted by molar-refractivity contribution is 0.249. The summed E-state index contributed by atoms with van der Waals surface area (Å²) in [6.45, 7) is 1.81. The highest BCUT2D eigenvalue weighted by molar-refractivity contribution is 5.88. The number of amides is 2. The number of anilines is 1. The Hall–Kier alpha value is -1.62. The topological polar surface area (TPSA) is 66.0 Å². The average Bonchev–Trinajstić information content (AvgIpc) is 2.71. The van der Waals surface area contributed by atoms with Crippen molar-refractivity contribution >= 4 is 11.8 Å². The third-order valence-electron chi connectivity index (χ3n) is 2.30. The molecule has 0 unspecified atom stereocenters. The standard InChI is InChI=1S/C10H14N4O/c15-10(13-8-4-6-11-7-8)14-9-3-1-2-5-12-9/h1-3,5,8,11H,4,6-7H2,(H2,12,13,14,15)/t8-/m1/s1. The number of nitrogens with one attached hydrogen (secondary N) is 3. The van der Waals surface area contributed by atoms with E-state index in [0.29, 0.717) is 5.82 Å². The molecule has 80 valence electrons. The number of nitrogens with zero attached hydrogens (tertiary/aromatic N) is 1. The van der Waals surface area contributed by atoms with Crippen LogP contribution in [0.4, 0.5) is 10.6 Å². The van der Waals surface area contributed by atoms with E-state index in [9.17, 15) is 4.79 Å². The van der Waals surface area contributed by atoms with Crippen molar-refractivity contribution in [2.45, 2.75) is 12.5 Å². The third-order valence-corrected chi connectivity index (χ3v) is 2.30. The van der Waals surface area contributed by atoms with Crippen LogP contribution in [0.3, 0.4) is 0 Å². The van der Waals surface area contributed by atoms with Crippen LogP contribution in [0.5, 0.6) is 0 Å². The zero-order valence-corrected chi connectivity index (χ0v) is 8.36. The zero-order chi connectivity index (χ0) is 10.5. The minimum absolute atomic E-state index is 0.192. The first-order valence-electron chi connectivity index (χ1n) is 5.04. The van der Waals surface area contributed by atoms with Gasteiger partial charge >= 0.3 is 6.03 Å². The Morgan fingerprint density at radius 2 is 2.47 bits per heavy atom. The van der Waals surface area contributed by atoms with Gasteiger partial charge in [-0.1, -0.05) is 6.07 Å². The Morgan fingerprint density at radius 1 is 1.53 bits per heavy atom. The highest BCUT2D eigenvalue weighted by Gasteiger charge is 2.16. The smallest absolute Gasteiger partial charge is 0.320 e. The maximum atomic E-state index is 11.5. The van der Waals surface area contributed by atoms with E-state index in [4.69, 9.17) is 0 Å². The fraction of sp³-hybridized carbons (Fsp3) is 0.400. The molecule has 1 fully saturated rings. The summed E-state index contributed by atoms with van der Waals surface area (Å²) in [6.07, 6.45) is 2.63. The monoisotopic (exact) mass is 206 g/mol. The Labute approximate surface area is 88.3 Å². The van der Waals surface area contributed by atoms with Gasteiger partial charge in [0, 0.05) is 18.8 Å². The normalized spacial score (nSPS) is 19.9. The lowest BCUT2D eigenvalue weighted by atomic mass is 10.3. The van der Waals surface area contributed by atoms with Crippen molar-refractivity contribution in [2.24, 2.45) is 0 Å². The summed E-state index contributed by atoms with van der Waals surface area (Å²) in [5.74, 6) is 0.570. The van der Waals surface area contributed by atoms with Gasteiger partial charge in [-0.05, 0) is 25.1 Å². The van der Waals surface area contributed by atoms with Crippen molar-refractivity contribution in [3.05, 3.63) is 24.4 Å². The van der Waals surface area contributed by atoms with Crippen LogP contribution in [-0.2, 0) is 0 Å². The molecule has 1 atom stereocenters. The van der Waals surface area contributed by atoms with Crippen molar-refractivity contribution < 1.29 is 4.79 Å². The number of hydrogen-bond acceptors (Lipinski definition) is 3. The van der Waals surface area contributed by atoms with Crippen LogP contribution in [0.2, 0.25) is 0 Å². The van der Waals surface area contributed by atoms with Crippen molar-refractivity contribution in [2.75, 3.05) is 18.4 Å². The molecule has 0 spiro atoms. The van der Waals surface area contributed by atoms with Crippen molar-refractivity contribution in [1.29, 1.82) is 0 Å². The molecule has 1 aliphatic heterocycles. The molecule has 0 aliphatic carbocycles. The van der Waals surface area contributed by atoms with Gasteiger partial charge in [-0.3, -0.25) is 5.32 Å². The molecule has 5 nitrogen and oxygen atoms in total. The Bertz CT molecular complexity index is 321. The predicted octanol–water partition coefficient (Wildman–Crippen LogP) is 0.565. The van der Waals surface area contributed by atoms with E-state index in [1.807, 2.05) is 12.1 Å². The second kappa shape index (κ2) is 4.75. The van der Waals surface area contributed by atoms with Crippen LogP contribution in [0.15, 0.2) is 24.4 Å². The largest absolute Gasteiger partial charge is 0.334 e. The lowest BCUT2D eigenvalue weighted by Gasteiger charge is -2.11. The van der Waals surface area contributed by atoms with Crippen LogP contribution in [0.1, 0.15) is 6.42 Å². The summed E-state index contributed by atoms with van der Waals surface area (Å²) >= 11 is 0. The van der Waals surface area contributed by atoms with Gasteiger partial charge in [0.2, 0.25) is 0 Å². The summed E-state index contributed by atoms with van der Waals surface area (Å²) in [5, 5.41) is 8.74. The second-order valence-corrected chi connectivity index (χ2v) is 3.50. The molecule has 0 saturated carbocycles. The van der Waals surface area contributed by atoms with Crippen LogP contribution in [0.25, 0.3) is 0 Å². The summed E-state index contributed by atoms with van der Waals surface area (Å²) < 4.78 is 0. The number of carbonyl (C=O) groups excluding carboxylic acids is 1. The van der Waals surface area contributed by atoms with Crippen molar-refractivity contribution in [3.8, 4) is 0 Å². The molecular formula is C10H14N4O. The second-order valence-electron chi connectivity index (χ2n) is 3.50. The molecule has 0 aromatic carbocycles. The SMILES string of the molecule is O=C(Nc1ccccn1)N[C@@H]1CCNC1. The molecule has 3 N–H and O–H groups in total. The number of aromatic nitrogens is 1. The molecule has 15 heavy (non-hydrogen) atoms. The van der Waals surface area contributed by atoms with Crippen LogP contribution in [-0.4, -0.2) is 30.1 Å². The number of carbonyl (C=O) groups is 1. The molecule has 0 radical (unpaired) electrons. The van der Waals surface area contributed by atoms with Gasteiger partial charge in [-0.2, -0.15) is 0 Å². The summed E-state index contributed by atoms with van der Waals surface area (Å²) in [6, 6.07) is 5.44. The van der Waals surface area contributed by atoms with Gasteiger partial charge in [0.25, 0.3) is 0 Å². The lowest BCUT2D eigenvalue weighted by Crippen LogP contribution is -2.39. The van der Waals surface area contributed by atoms with Gasteiger partial charge in [0.05, 0.1) is 0 Å². The Morgan fingerprint density at radius 3 is 3.13 bits per heavy atom. The summed E-state index contributed by atoms with van der Waals surface area (Å²) in [4.78, 5) is 15.5. The first-order chi connectivity index (χ1) is 7.34. The maximum Gasteiger partial charge on any atom is 0.320 e. The molecular weight excluding hydrogens is 192 g/mol. The van der Waals surface area contributed by atoms with Gasteiger partial charge in [0.15, 0.2) is 0 Å². The first kappa shape index (κ1) is 9.92. The molecule has 0 bridgehead atoms. The Balaban J connectivity index is 1.82. The molecule has 5 heteroatoms.